The highest BCUT2D eigenvalue weighted by molar-refractivity contribution is 7.10. The van der Waals surface area contributed by atoms with Gasteiger partial charge in [-0.3, -0.25) is 9.69 Å². The molecule has 0 bridgehead atoms. The topological polar surface area (TPSA) is 26.8 Å². The van der Waals surface area contributed by atoms with Crippen molar-refractivity contribution in [1.82, 2.24) is 9.80 Å². The summed E-state index contributed by atoms with van der Waals surface area (Å²) < 4.78 is 0. The van der Waals surface area contributed by atoms with Crippen LogP contribution < -0.4 is 4.90 Å². The van der Waals surface area contributed by atoms with Gasteiger partial charge in [-0.2, -0.15) is 0 Å². The number of rotatable bonds is 3. The molecule has 126 valence electrons. The van der Waals surface area contributed by atoms with Crippen molar-refractivity contribution in [2.24, 2.45) is 0 Å². The molecule has 3 heterocycles. The minimum atomic E-state index is 0.279. The number of carbonyl (C=O) groups excluding carboxylic acids is 1. The van der Waals surface area contributed by atoms with E-state index in [9.17, 15) is 4.79 Å². The molecule has 4 nitrogen and oxygen atoms in total. The zero-order valence-electron chi connectivity index (χ0n) is 13.9. The Morgan fingerprint density at radius 2 is 1.79 bits per heavy atom. The van der Waals surface area contributed by atoms with Gasteiger partial charge in [0.2, 0.25) is 5.91 Å². The van der Waals surface area contributed by atoms with E-state index < -0.39 is 0 Å². The van der Waals surface area contributed by atoms with Crippen LogP contribution in [0.3, 0.4) is 0 Å². The van der Waals surface area contributed by atoms with Crippen molar-refractivity contribution < 1.29 is 4.79 Å². The second-order valence-electron chi connectivity index (χ2n) is 6.53. The first-order chi connectivity index (χ1) is 11.8. The predicted molar refractivity (Wildman–Crippen MR) is 98.5 cm³/mol. The fourth-order valence-electron chi connectivity index (χ4n) is 3.59. The molecule has 1 amide bonds. The third-order valence-corrected chi connectivity index (χ3v) is 6.02. The van der Waals surface area contributed by atoms with Crippen LogP contribution in [0, 0.1) is 0 Å². The number of hydrogen-bond donors (Lipinski definition) is 0. The van der Waals surface area contributed by atoms with Gasteiger partial charge in [0.05, 0.1) is 6.54 Å². The summed E-state index contributed by atoms with van der Waals surface area (Å²) in [6.07, 6.45) is 1.09. The molecule has 0 radical (unpaired) electrons. The molecule has 2 aliphatic heterocycles. The molecule has 0 N–H and O–H groups in total. The van der Waals surface area contributed by atoms with Gasteiger partial charge in [0.1, 0.15) is 0 Å². The van der Waals surface area contributed by atoms with Crippen molar-refractivity contribution in [2.75, 3.05) is 44.2 Å². The van der Waals surface area contributed by atoms with Crippen molar-refractivity contribution in [2.45, 2.75) is 13.0 Å². The number of carbonyl (C=O) groups is 1. The van der Waals surface area contributed by atoms with Crippen LogP contribution in [-0.4, -0.2) is 55.0 Å². The van der Waals surface area contributed by atoms with Gasteiger partial charge in [-0.05, 0) is 35.6 Å². The lowest BCUT2D eigenvalue weighted by molar-refractivity contribution is -0.132. The fourth-order valence-corrected chi connectivity index (χ4v) is 4.48. The predicted octanol–water partition coefficient (Wildman–Crippen LogP) is 2.46. The highest BCUT2D eigenvalue weighted by Crippen LogP contribution is 2.24. The number of anilines is 1. The molecule has 0 saturated carbocycles. The fraction of sp³-hybridized carbons (Fsp3) is 0.421. The number of hydrogen-bond acceptors (Lipinski definition) is 4. The molecule has 0 unspecified atom stereocenters. The summed E-state index contributed by atoms with van der Waals surface area (Å²) in [5.74, 6) is 0.279. The molecule has 5 heteroatoms. The van der Waals surface area contributed by atoms with Crippen LogP contribution in [0.25, 0.3) is 0 Å². The van der Waals surface area contributed by atoms with Gasteiger partial charge in [-0.25, -0.2) is 0 Å². The van der Waals surface area contributed by atoms with E-state index in [0.29, 0.717) is 6.54 Å². The number of para-hydroxylation sites is 1. The minimum absolute atomic E-state index is 0.279. The Balaban J connectivity index is 1.29. The van der Waals surface area contributed by atoms with Crippen LogP contribution in [0.4, 0.5) is 5.69 Å². The number of thiophene rings is 1. The minimum Gasteiger partial charge on any atom is -0.368 e. The Hall–Kier alpha value is -1.85. The van der Waals surface area contributed by atoms with E-state index >= 15 is 0 Å². The summed E-state index contributed by atoms with van der Waals surface area (Å²) in [4.78, 5) is 20.8. The summed E-state index contributed by atoms with van der Waals surface area (Å²) in [5.41, 5.74) is 2.67. The number of fused-ring (bicyclic) bond motifs is 1. The summed E-state index contributed by atoms with van der Waals surface area (Å²) in [7, 11) is 0. The van der Waals surface area contributed by atoms with Gasteiger partial charge in [0, 0.05) is 49.8 Å². The van der Waals surface area contributed by atoms with Gasteiger partial charge in [0.25, 0.3) is 0 Å². The Morgan fingerprint density at radius 3 is 2.58 bits per heavy atom. The highest BCUT2D eigenvalue weighted by Gasteiger charge is 2.24. The normalized spacial score (nSPS) is 18.5. The molecule has 0 spiro atoms. The van der Waals surface area contributed by atoms with Crippen LogP contribution in [-0.2, 0) is 17.8 Å². The Kier molecular flexibility index (Phi) is 4.54. The van der Waals surface area contributed by atoms with E-state index in [1.165, 1.54) is 16.1 Å². The summed E-state index contributed by atoms with van der Waals surface area (Å²) in [5, 5.41) is 2.17. The van der Waals surface area contributed by atoms with Crippen molar-refractivity contribution in [1.29, 1.82) is 0 Å². The number of piperazine rings is 1. The molecule has 1 fully saturated rings. The maximum absolute atomic E-state index is 12.6. The highest BCUT2D eigenvalue weighted by atomic mass is 32.1. The van der Waals surface area contributed by atoms with Crippen LogP contribution in [0.2, 0.25) is 0 Å². The monoisotopic (exact) mass is 341 g/mol. The first kappa shape index (κ1) is 15.7. The Bertz CT molecular complexity index is 692. The Morgan fingerprint density at radius 1 is 1.00 bits per heavy atom. The van der Waals surface area contributed by atoms with Gasteiger partial charge in [0.15, 0.2) is 0 Å². The van der Waals surface area contributed by atoms with Crippen molar-refractivity contribution >= 4 is 22.9 Å². The third kappa shape index (κ3) is 3.32. The van der Waals surface area contributed by atoms with E-state index in [1.54, 1.807) is 0 Å². The summed E-state index contributed by atoms with van der Waals surface area (Å²) >= 11 is 1.84. The maximum Gasteiger partial charge on any atom is 0.236 e. The second-order valence-corrected chi connectivity index (χ2v) is 7.53. The molecule has 1 aromatic heterocycles. The van der Waals surface area contributed by atoms with Gasteiger partial charge in [-0.1, -0.05) is 18.2 Å². The lowest BCUT2D eigenvalue weighted by atomic mass is 10.1. The molecular formula is C19H23N3OS. The SMILES string of the molecule is O=C(CN1CCc2sccc2C1)N1CCN(c2ccccc2)CC1. The second kappa shape index (κ2) is 6.95. The zero-order chi connectivity index (χ0) is 16.4. The van der Waals surface area contributed by atoms with Crippen LogP contribution in [0.5, 0.6) is 0 Å². The summed E-state index contributed by atoms with van der Waals surface area (Å²) in [6.45, 7) is 5.98. The van der Waals surface area contributed by atoms with Crippen molar-refractivity contribution in [3.05, 3.63) is 52.2 Å². The lowest BCUT2D eigenvalue weighted by Gasteiger charge is -2.37. The van der Waals surface area contributed by atoms with Gasteiger partial charge >= 0.3 is 0 Å². The third-order valence-electron chi connectivity index (χ3n) is 5.00. The number of nitrogens with zero attached hydrogens (tertiary/aromatic N) is 3. The maximum atomic E-state index is 12.6. The van der Waals surface area contributed by atoms with E-state index in [4.69, 9.17) is 0 Å². The molecule has 1 saturated heterocycles. The van der Waals surface area contributed by atoms with Gasteiger partial charge in [-0.15, -0.1) is 11.3 Å². The van der Waals surface area contributed by atoms with Gasteiger partial charge < -0.3 is 9.80 Å². The van der Waals surface area contributed by atoms with Crippen LogP contribution >= 0.6 is 11.3 Å². The first-order valence-corrected chi connectivity index (χ1v) is 9.53. The quantitative estimate of drug-likeness (QED) is 0.858. The smallest absolute Gasteiger partial charge is 0.236 e. The molecule has 1 aromatic carbocycles. The van der Waals surface area contributed by atoms with Crippen LogP contribution in [0.15, 0.2) is 41.8 Å². The first-order valence-electron chi connectivity index (χ1n) is 8.65. The molecular weight excluding hydrogens is 318 g/mol. The van der Waals surface area contributed by atoms with E-state index in [0.717, 1.165) is 45.7 Å². The largest absolute Gasteiger partial charge is 0.368 e. The van der Waals surface area contributed by atoms with Crippen molar-refractivity contribution in [3.63, 3.8) is 0 Å². The van der Waals surface area contributed by atoms with E-state index in [1.807, 2.05) is 22.3 Å². The zero-order valence-corrected chi connectivity index (χ0v) is 14.7. The molecule has 24 heavy (non-hydrogen) atoms. The van der Waals surface area contributed by atoms with E-state index in [-0.39, 0.29) is 5.91 Å². The average molecular weight is 341 g/mol. The summed E-state index contributed by atoms with van der Waals surface area (Å²) in [6, 6.07) is 12.7. The molecule has 0 atom stereocenters. The molecule has 2 aliphatic rings. The number of benzene rings is 1. The molecule has 2 aromatic rings. The molecule has 4 rings (SSSR count). The molecule has 0 aliphatic carbocycles. The van der Waals surface area contributed by atoms with Crippen LogP contribution in [0.1, 0.15) is 10.4 Å². The Labute approximate surface area is 147 Å². The number of amides is 1. The van der Waals surface area contributed by atoms with E-state index in [2.05, 4.69) is 45.5 Å². The average Bonchev–Trinajstić information content (AvgIpc) is 3.10. The standard InChI is InChI=1S/C19H23N3OS/c23-19(15-20-8-6-18-16(14-20)7-13-24-18)22-11-9-21(10-12-22)17-4-2-1-3-5-17/h1-5,7,13H,6,8-12,14-15H2. The lowest BCUT2D eigenvalue weighted by Crippen LogP contribution is -2.51. The van der Waals surface area contributed by atoms with Crippen molar-refractivity contribution in [3.8, 4) is 0 Å².